The largest absolute Gasteiger partial charge is 0.416 e. The first-order valence-electron chi connectivity index (χ1n) is 8.70. The van der Waals surface area contributed by atoms with E-state index >= 15 is 0 Å². The lowest BCUT2D eigenvalue weighted by atomic mass is 10.1. The highest BCUT2D eigenvalue weighted by molar-refractivity contribution is 5.81. The van der Waals surface area contributed by atoms with Crippen LogP contribution in [-0.4, -0.2) is 20.3 Å². The van der Waals surface area contributed by atoms with Gasteiger partial charge in [0.25, 0.3) is 5.56 Å². The Labute approximate surface area is 158 Å². The summed E-state index contributed by atoms with van der Waals surface area (Å²) in [6, 6.07) is 6.30. The number of hydrogen-bond donors (Lipinski definition) is 1. The van der Waals surface area contributed by atoms with Crippen LogP contribution < -0.4 is 10.9 Å². The molecule has 0 saturated heterocycles. The SMILES string of the molecule is CCn1nc(C)c2ccn(CC(=O)NCc3ccc(C(F)(F)F)cc3)c(=O)c21. The maximum absolute atomic E-state index is 12.7. The van der Waals surface area contributed by atoms with Crippen LogP contribution in [0.4, 0.5) is 13.2 Å². The number of nitrogens with one attached hydrogen (secondary N) is 1. The van der Waals surface area contributed by atoms with Crippen molar-refractivity contribution in [1.82, 2.24) is 19.7 Å². The van der Waals surface area contributed by atoms with Gasteiger partial charge >= 0.3 is 6.18 Å². The average molecular weight is 392 g/mol. The first-order valence-corrected chi connectivity index (χ1v) is 8.70. The number of alkyl halides is 3. The van der Waals surface area contributed by atoms with Crippen molar-refractivity contribution < 1.29 is 18.0 Å². The molecule has 0 unspecified atom stereocenters. The van der Waals surface area contributed by atoms with Gasteiger partial charge in [-0.1, -0.05) is 12.1 Å². The van der Waals surface area contributed by atoms with E-state index in [4.69, 9.17) is 0 Å². The number of carbonyl (C=O) groups excluding carboxylic acids is 1. The van der Waals surface area contributed by atoms with Crippen LogP contribution in [0, 0.1) is 6.92 Å². The van der Waals surface area contributed by atoms with E-state index in [2.05, 4.69) is 10.4 Å². The van der Waals surface area contributed by atoms with Crippen molar-refractivity contribution in [2.75, 3.05) is 0 Å². The van der Waals surface area contributed by atoms with Gasteiger partial charge in [0.2, 0.25) is 5.91 Å². The lowest BCUT2D eigenvalue weighted by Crippen LogP contribution is -2.32. The van der Waals surface area contributed by atoms with E-state index in [1.807, 2.05) is 13.8 Å². The molecule has 0 spiro atoms. The van der Waals surface area contributed by atoms with Crippen LogP contribution in [0.25, 0.3) is 10.9 Å². The number of amides is 1. The number of nitrogens with zero attached hydrogens (tertiary/aromatic N) is 3. The Morgan fingerprint density at radius 1 is 1.18 bits per heavy atom. The molecule has 3 aromatic rings. The number of halogens is 3. The van der Waals surface area contributed by atoms with Crippen molar-refractivity contribution >= 4 is 16.8 Å². The van der Waals surface area contributed by atoms with Crippen LogP contribution >= 0.6 is 0 Å². The molecule has 0 radical (unpaired) electrons. The Morgan fingerprint density at radius 3 is 2.46 bits per heavy atom. The molecule has 0 atom stereocenters. The molecule has 3 rings (SSSR count). The normalized spacial score (nSPS) is 11.8. The summed E-state index contributed by atoms with van der Waals surface area (Å²) >= 11 is 0. The minimum absolute atomic E-state index is 0.0694. The van der Waals surface area contributed by atoms with Gasteiger partial charge in [0, 0.05) is 24.7 Å². The lowest BCUT2D eigenvalue weighted by Gasteiger charge is -2.10. The molecular weight excluding hydrogens is 373 g/mol. The zero-order valence-electron chi connectivity index (χ0n) is 15.4. The summed E-state index contributed by atoms with van der Waals surface area (Å²) < 4.78 is 40.6. The smallest absolute Gasteiger partial charge is 0.350 e. The van der Waals surface area contributed by atoms with Crippen molar-refractivity contribution in [3.05, 3.63) is 63.7 Å². The molecule has 1 aromatic carbocycles. The Hall–Kier alpha value is -3.10. The van der Waals surface area contributed by atoms with Crippen LogP contribution in [0.1, 0.15) is 23.7 Å². The van der Waals surface area contributed by atoms with Crippen molar-refractivity contribution in [3.8, 4) is 0 Å². The Balaban J connectivity index is 1.70. The van der Waals surface area contributed by atoms with Gasteiger partial charge in [-0.05, 0) is 37.6 Å². The first-order chi connectivity index (χ1) is 13.2. The monoisotopic (exact) mass is 392 g/mol. The summed E-state index contributed by atoms with van der Waals surface area (Å²) in [5.41, 5.74) is 0.657. The van der Waals surface area contributed by atoms with E-state index in [1.54, 1.807) is 10.7 Å². The zero-order valence-corrected chi connectivity index (χ0v) is 15.4. The molecule has 1 amide bonds. The summed E-state index contributed by atoms with van der Waals surface area (Å²) in [7, 11) is 0. The number of aromatic nitrogens is 3. The van der Waals surface area contributed by atoms with Crippen LogP contribution in [0.2, 0.25) is 0 Å². The van der Waals surface area contributed by atoms with Crippen molar-refractivity contribution in [1.29, 1.82) is 0 Å². The molecule has 2 heterocycles. The first kappa shape index (κ1) is 19.7. The second-order valence-corrected chi connectivity index (χ2v) is 6.38. The molecule has 148 valence electrons. The number of aryl methyl sites for hydroxylation is 2. The predicted molar refractivity (Wildman–Crippen MR) is 97.7 cm³/mol. The van der Waals surface area contributed by atoms with Gasteiger partial charge in [-0.15, -0.1) is 0 Å². The fourth-order valence-electron chi connectivity index (χ4n) is 2.96. The van der Waals surface area contributed by atoms with Gasteiger partial charge < -0.3 is 9.88 Å². The minimum atomic E-state index is -4.40. The standard InChI is InChI=1S/C19H19F3N4O2/c1-3-26-17-15(12(2)24-26)8-9-25(18(17)28)11-16(27)23-10-13-4-6-14(7-5-13)19(20,21)22/h4-9H,3,10-11H2,1-2H3,(H,23,27). The molecule has 0 fully saturated rings. The number of rotatable bonds is 5. The van der Waals surface area contributed by atoms with Gasteiger partial charge in [-0.3, -0.25) is 14.3 Å². The lowest BCUT2D eigenvalue weighted by molar-refractivity contribution is -0.137. The van der Waals surface area contributed by atoms with Gasteiger partial charge in [-0.25, -0.2) is 0 Å². The van der Waals surface area contributed by atoms with Gasteiger partial charge in [0.05, 0.1) is 11.3 Å². The molecule has 0 saturated carbocycles. The van der Waals surface area contributed by atoms with Crippen LogP contribution in [0.5, 0.6) is 0 Å². The molecule has 2 aromatic heterocycles. The number of hydrogen-bond acceptors (Lipinski definition) is 3. The Morgan fingerprint density at radius 2 is 1.86 bits per heavy atom. The maximum Gasteiger partial charge on any atom is 0.416 e. The second kappa shape index (κ2) is 7.49. The summed E-state index contributed by atoms with van der Waals surface area (Å²) in [5.74, 6) is -0.416. The molecule has 0 aliphatic carbocycles. The third-order valence-corrected chi connectivity index (χ3v) is 4.44. The summed E-state index contributed by atoms with van der Waals surface area (Å²) in [5, 5.41) is 7.67. The van der Waals surface area contributed by atoms with Crippen molar-refractivity contribution in [3.63, 3.8) is 0 Å². The fourth-order valence-corrected chi connectivity index (χ4v) is 2.96. The molecule has 0 aliphatic rings. The molecular formula is C19H19F3N4O2. The molecule has 0 bridgehead atoms. The topological polar surface area (TPSA) is 68.9 Å². The number of fused-ring (bicyclic) bond motifs is 1. The highest BCUT2D eigenvalue weighted by atomic mass is 19.4. The third kappa shape index (κ3) is 3.92. The fraction of sp³-hybridized carbons (Fsp3) is 0.316. The quantitative estimate of drug-likeness (QED) is 0.726. The molecule has 6 nitrogen and oxygen atoms in total. The minimum Gasteiger partial charge on any atom is -0.350 e. The number of carbonyl (C=O) groups is 1. The van der Waals surface area contributed by atoms with Gasteiger partial charge in [0.1, 0.15) is 12.1 Å². The van der Waals surface area contributed by atoms with Crippen molar-refractivity contribution in [2.24, 2.45) is 0 Å². The molecule has 0 aliphatic heterocycles. The highest BCUT2D eigenvalue weighted by Crippen LogP contribution is 2.29. The predicted octanol–water partition coefficient (Wildman–Crippen LogP) is 2.86. The second-order valence-electron chi connectivity index (χ2n) is 6.38. The highest BCUT2D eigenvalue weighted by Gasteiger charge is 2.29. The van der Waals surface area contributed by atoms with Crippen LogP contribution in [-0.2, 0) is 30.6 Å². The number of benzene rings is 1. The molecule has 9 heteroatoms. The number of pyridine rings is 1. The maximum atomic E-state index is 12.7. The third-order valence-electron chi connectivity index (χ3n) is 4.44. The average Bonchev–Trinajstić information content (AvgIpc) is 2.98. The van der Waals surface area contributed by atoms with Gasteiger partial charge in [0.15, 0.2) is 0 Å². The van der Waals surface area contributed by atoms with E-state index in [-0.39, 0.29) is 18.6 Å². The van der Waals surface area contributed by atoms with Crippen molar-refractivity contribution in [2.45, 2.75) is 39.7 Å². The van der Waals surface area contributed by atoms with E-state index in [1.165, 1.54) is 22.9 Å². The van der Waals surface area contributed by atoms with E-state index in [0.717, 1.165) is 23.2 Å². The summed E-state index contributed by atoms with van der Waals surface area (Å²) in [6.45, 7) is 4.10. The van der Waals surface area contributed by atoms with Crippen LogP contribution in [0.3, 0.4) is 0 Å². The van der Waals surface area contributed by atoms with Crippen LogP contribution in [0.15, 0.2) is 41.3 Å². The summed E-state index contributed by atoms with van der Waals surface area (Å²) in [4.78, 5) is 24.9. The summed E-state index contributed by atoms with van der Waals surface area (Å²) in [6.07, 6.45) is -2.86. The Bertz CT molecular complexity index is 1070. The van der Waals surface area contributed by atoms with Gasteiger partial charge in [-0.2, -0.15) is 18.3 Å². The molecule has 1 N–H and O–H groups in total. The van der Waals surface area contributed by atoms with E-state index in [0.29, 0.717) is 17.6 Å². The zero-order chi connectivity index (χ0) is 20.5. The Kier molecular flexibility index (Phi) is 5.26. The molecule has 28 heavy (non-hydrogen) atoms. The van der Waals surface area contributed by atoms with E-state index in [9.17, 15) is 22.8 Å². The van der Waals surface area contributed by atoms with E-state index < -0.39 is 17.6 Å².